The number of hydrogen-bond acceptors (Lipinski definition) is 3. The lowest BCUT2D eigenvalue weighted by atomic mass is 9.49. The third-order valence-electron chi connectivity index (χ3n) is 10.8. The van der Waals surface area contributed by atoms with Crippen molar-refractivity contribution in [2.24, 2.45) is 5.92 Å². The molecule has 2 unspecified atom stereocenters. The molecule has 7 rings (SSSR count). The second kappa shape index (κ2) is 10.5. The number of aliphatic hydroxyl groups is 1. The molecular formula is C36H42N2O2. The third-order valence-corrected chi connectivity index (χ3v) is 10.8. The molecule has 4 aliphatic rings. The van der Waals surface area contributed by atoms with E-state index >= 15 is 0 Å². The van der Waals surface area contributed by atoms with Gasteiger partial charge in [-0.25, -0.2) is 0 Å². The van der Waals surface area contributed by atoms with Crippen LogP contribution in [-0.4, -0.2) is 47.2 Å². The number of piperidine rings is 1. The van der Waals surface area contributed by atoms with Gasteiger partial charge in [0.15, 0.2) is 0 Å². The highest BCUT2D eigenvalue weighted by molar-refractivity contribution is 5.94. The van der Waals surface area contributed by atoms with E-state index in [1.807, 2.05) is 12.1 Å². The fourth-order valence-electron chi connectivity index (χ4n) is 8.39. The SMILES string of the molecule is O=C(NCCc1ccc(-c2ccccc2)cc1)c1ccc2c(c1)C13CCCC[C@@]1(O)C(C2)N(CC1CCC1)CC3. The van der Waals surface area contributed by atoms with E-state index in [1.165, 1.54) is 47.1 Å². The lowest BCUT2D eigenvalue weighted by Crippen LogP contribution is -2.72. The van der Waals surface area contributed by atoms with Crippen LogP contribution in [0.1, 0.15) is 78.4 Å². The third kappa shape index (κ3) is 4.40. The van der Waals surface area contributed by atoms with Crippen LogP contribution in [-0.2, 0) is 18.3 Å². The van der Waals surface area contributed by atoms with Crippen LogP contribution in [0.4, 0.5) is 0 Å². The van der Waals surface area contributed by atoms with Gasteiger partial charge in [-0.1, -0.05) is 79.9 Å². The minimum Gasteiger partial charge on any atom is -0.387 e. The van der Waals surface area contributed by atoms with Gasteiger partial charge in [-0.05, 0) is 97.4 Å². The summed E-state index contributed by atoms with van der Waals surface area (Å²) < 4.78 is 0. The highest BCUT2D eigenvalue weighted by Gasteiger charge is 2.63. The van der Waals surface area contributed by atoms with Gasteiger partial charge in [-0.3, -0.25) is 9.69 Å². The number of fused-ring (bicyclic) bond motifs is 1. The van der Waals surface area contributed by atoms with Crippen LogP contribution < -0.4 is 5.32 Å². The number of benzene rings is 3. The largest absolute Gasteiger partial charge is 0.387 e. The van der Waals surface area contributed by atoms with Crippen LogP contribution in [0.3, 0.4) is 0 Å². The van der Waals surface area contributed by atoms with Gasteiger partial charge in [-0.15, -0.1) is 0 Å². The summed E-state index contributed by atoms with van der Waals surface area (Å²) in [6.07, 6.45) is 11.0. The molecule has 208 valence electrons. The summed E-state index contributed by atoms with van der Waals surface area (Å²) in [5.41, 5.74) is 6.10. The molecular weight excluding hydrogens is 492 g/mol. The molecule has 3 atom stereocenters. The molecule has 4 nitrogen and oxygen atoms in total. The van der Waals surface area contributed by atoms with Crippen LogP contribution in [0.2, 0.25) is 0 Å². The number of amides is 1. The summed E-state index contributed by atoms with van der Waals surface area (Å²) in [5, 5.41) is 15.6. The molecule has 1 aliphatic heterocycles. The molecule has 3 aromatic rings. The van der Waals surface area contributed by atoms with E-state index in [0.717, 1.165) is 69.5 Å². The maximum atomic E-state index is 13.3. The van der Waals surface area contributed by atoms with Crippen molar-refractivity contribution in [3.05, 3.63) is 95.1 Å². The summed E-state index contributed by atoms with van der Waals surface area (Å²) >= 11 is 0. The van der Waals surface area contributed by atoms with Crippen molar-refractivity contribution in [3.63, 3.8) is 0 Å². The van der Waals surface area contributed by atoms with E-state index < -0.39 is 5.60 Å². The normalized spacial score (nSPS) is 27.8. The first-order chi connectivity index (χ1) is 19.6. The number of rotatable bonds is 7. The van der Waals surface area contributed by atoms with Crippen LogP contribution >= 0.6 is 0 Å². The molecule has 1 amide bonds. The average molecular weight is 535 g/mol. The fourth-order valence-corrected chi connectivity index (χ4v) is 8.39. The molecule has 2 N–H and O–H groups in total. The molecule has 3 aliphatic carbocycles. The second-order valence-electron chi connectivity index (χ2n) is 12.9. The van der Waals surface area contributed by atoms with Gasteiger partial charge in [0.2, 0.25) is 0 Å². The smallest absolute Gasteiger partial charge is 0.251 e. The Labute approximate surface area is 238 Å². The van der Waals surface area contributed by atoms with Crippen LogP contribution in [0.5, 0.6) is 0 Å². The first-order valence-corrected chi connectivity index (χ1v) is 15.6. The summed E-state index contributed by atoms with van der Waals surface area (Å²) in [5.74, 6) is 0.804. The quantitative estimate of drug-likeness (QED) is 0.374. The minimum absolute atomic E-state index is 0.0102. The molecule has 0 radical (unpaired) electrons. The van der Waals surface area contributed by atoms with Crippen molar-refractivity contribution in [2.75, 3.05) is 19.6 Å². The van der Waals surface area contributed by atoms with Crippen molar-refractivity contribution >= 4 is 5.91 Å². The number of nitrogens with zero attached hydrogens (tertiary/aromatic N) is 1. The zero-order chi connectivity index (χ0) is 27.2. The number of carbonyl (C=O) groups excluding carboxylic acids is 1. The van der Waals surface area contributed by atoms with Gasteiger partial charge >= 0.3 is 0 Å². The fraction of sp³-hybridized carbons (Fsp3) is 0.472. The Kier molecular flexibility index (Phi) is 6.80. The Morgan fingerprint density at radius 2 is 1.68 bits per heavy atom. The highest BCUT2D eigenvalue weighted by Crippen LogP contribution is 2.58. The van der Waals surface area contributed by atoms with Gasteiger partial charge in [-0.2, -0.15) is 0 Å². The lowest BCUT2D eigenvalue weighted by molar-refractivity contribution is -0.169. The van der Waals surface area contributed by atoms with Crippen LogP contribution in [0.15, 0.2) is 72.8 Å². The van der Waals surface area contributed by atoms with E-state index in [9.17, 15) is 9.90 Å². The molecule has 4 heteroatoms. The Hall–Kier alpha value is -2.95. The standard InChI is InChI=1S/C36H42N2O2/c39-34(37-21-17-26-11-13-29(14-12-26)28-9-2-1-3-10-28)31-16-15-30-24-33-36(40)19-5-4-18-35(36,32(30)23-31)20-22-38(33)25-27-7-6-8-27/h1-3,9-16,23,27,33,40H,4-8,17-22,24-25H2,(H,37,39)/t33?,35?,36-/m1/s1. The Bertz CT molecular complexity index is 1370. The lowest BCUT2D eigenvalue weighted by Gasteiger charge is -2.64. The molecule has 1 heterocycles. The van der Waals surface area contributed by atoms with Gasteiger partial charge in [0, 0.05) is 30.1 Å². The van der Waals surface area contributed by atoms with Crippen LogP contribution in [0, 0.1) is 5.92 Å². The van der Waals surface area contributed by atoms with E-state index in [4.69, 9.17) is 0 Å². The molecule has 1 saturated heterocycles. The molecule has 3 fully saturated rings. The maximum absolute atomic E-state index is 13.3. The topological polar surface area (TPSA) is 52.6 Å². The molecule has 2 bridgehead atoms. The van der Waals surface area contributed by atoms with Gasteiger partial charge in [0.05, 0.1) is 5.60 Å². The molecule has 40 heavy (non-hydrogen) atoms. The van der Waals surface area contributed by atoms with Gasteiger partial charge in [0.1, 0.15) is 0 Å². The van der Waals surface area contributed by atoms with Gasteiger partial charge in [0.25, 0.3) is 5.91 Å². The van der Waals surface area contributed by atoms with Crippen molar-refractivity contribution in [1.82, 2.24) is 10.2 Å². The number of hydrogen-bond donors (Lipinski definition) is 2. The summed E-state index contributed by atoms with van der Waals surface area (Å²) in [7, 11) is 0. The van der Waals surface area contributed by atoms with E-state index in [1.54, 1.807) is 0 Å². The number of nitrogens with one attached hydrogen (secondary N) is 1. The summed E-state index contributed by atoms with van der Waals surface area (Å²) in [4.78, 5) is 15.9. The predicted molar refractivity (Wildman–Crippen MR) is 160 cm³/mol. The average Bonchev–Trinajstić information content (AvgIpc) is 2.96. The zero-order valence-electron chi connectivity index (χ0n) is 23.6. The Balaban J connectivity index is 1.06. The van der Waals surface area contributed by atoms with E-state index in [-0.39, 0.29) is 17.4 Å². The Morgan fingerprint density at radius 1 is 0.900 bits per heavy atom. The predicted octanol–water partition coefficient (Wildman–Crippen LogP) is 6.30. The second-order valence-corrected chi connectivity index (χ2v) is 12.9. The van der Waals surface area contributed by atoms with Crippen molar-refractivity contribution < 1.29 is 9.90 Å². The van der Waals surface area contributed by atoms with Crippen molar-refractivity contribution in [1.29, 1.82) is 0 Å². The summed E-state index contributed by atoms with van der Waals surface area (Å²) in [6.45, 7) is 2.82. The molecule has 0 aromatic heterocycles. The Morgan fingerprint density at radius 3 is 2.45 bits per heavy atom. The zero-order valence-corrected chi connectivity index (χ0v) is 23.6. The highest BCUT2D eigenvalue weighted by atomic mass is 16.3. The minimum atomic E-state index is -0.679. The van der Waals surface area contributed by atoms with Crippen molar-refractivity contribution in [2.45, 2.75) is 81.3 Å². The van der Waals surface area contributed by atoms with Gasteiger partial charge < -0.3 is 10.4 Å². The number of likely N-dealkylation sites (tertiary alicyclic amines) is 1. The van der Waals surface area contributed by atoms with Crippen molar-refractivity contribution in [3.8, 4) is 11.1 Å². The summed E-state index contributed by atoms with van der Waals surface area (Å²) in [6, 6.07) is 25.6. The maximum Gasteiger partial charge on any atom is 0.251 e. The monoisotopic (exact) mass is 534 g/mol. The first kappa shape index (κ1) is 26.0. The number of carbonyl (C=O) groups is 1. The molecule has 0 spiro atoms. The van der Waals surface area contributed by atoms with E-state index in [2.05, 4.69) is 70.9 Å². The van der Waals surface area contributed by atoms with E-state index in [0.29, 0.717) is 6.54 Å². The molecule has 2 saturated carbocycles. The van der Waals surface area contributed by atoms with Crippen LogP contribution in [0.25, 0.3) is 11.1 Å². The molecule has 3 aromatic carbocycles. The first-order valence-electron chi connectivity index (χ1n) is 15.6.